The van der Waals surface area contributed by atoms with E-state index < -0.39 is 16.0 Å². The van der Waals surface area contributed by atoms with Crippen LogP contribution in [0.5, 0.6) is 0 Å². The van der Waals surface area contributed by atoms with Crippen LogP contribution in [0.4, 0.5) is 14.8 Å². The third-order valence-electron chi connectivity index (χ3n) is 13.9. The van der Waals surface area contributed by atoms with Crippen LogP contribution in [0, 0.1) is 45.3 Å². The van der Waals surface area contributed by atoms with Crippen LogP contribution in [-0.2, 0) is 24.2 Å². The minimum atomic E-state index is -3.00. The SMILES string of the molecule is CC(C)OC(=O)c1ccc(F)cc1.CC(C)OC(=O)c1ccccc1.CC(C)OC(=O)c1cccnc1.CC(C)c1ccno1.CC(C)n1ccnn1.CC/C=C(\F)C(C)C.CCNC1(C(C)C)CC1.CCNS(=O)(=O)C(C)C.Cc1coc(NC(C)C)n1.Cc1nc(C(C)C)n[nH]1.Cc1nc(C)n(C(C)C)n1. The van der Waals surface area contributed by atoms with Gasteiger partial charge in [0.2, 0.25) is 10.0 Å². The molecule has 0 saturated heterocycles. The maximum absolute atomic E-state index is 12.5. The van der Waals surface area contributed by atoms with Crippen molar-refractivity contribution in [2.75, 3.05) is 18.4 Å². The molecule has 0 unspecified atom stereocenters. The second-order valence-corrected chi connectivity index (χ2v) is 30.2. The first-order chi connectivity index (χ1) is 50.5. The lowest BCUT2D eigenvalue weighted by Gasteiger charge is -2.19. The Bertz CT molecular complexity index is 3630. The van der Waals surface area contributed by atoms with Gasteiger partial charge in [0.15, 0.2) is 5.82 Å². The Morgan fingerprint density at radius 2 is 1.20 bits per heavy atom. The molecular formula is C80H131F2N15O10S. The Morgan fingerprint density at radius 1 is 0.657 bits per heavy atom. The number of oxazole rings is 1. The highest BCUT2D eigenvalue weighted by molar-refractivity contribution is 7.90. The monoisotopic (exact) mass is 1530 g/mol. The summed E-state index contributed by atoms with van der Waals surface area (Å²) in [6, 6.07) is 21.3. The molecule has 0 amide bonds. The van der Waals surface area contributed by atoms with Crippen molar-refractivity contribution in [1.82, 2.24) is 70.1 Å². The van der Waals surface area contributed by atoms with Crippen LogP contribution < -0.4 is 15.4 Å². The van der Waals surface area contributed by atoms with Crippen molar-refractivity contribution >= 4 is 33.9 Å². The van der Waals surface area contributed by atoms with E-state index >= 15 is 0 Å². The van der Waals surface area contributed by atoms with Crippen LogP contribution in [0.15, 0.2) is 131 Å². The van der Waals surface area contributed by atoms with Gasteiger partial charge < -0.3 is 33.8 Å². The molecule has 108 heavy (non-hydrogen) atoms. The molecule has 1 saturated carbocycles. The molecule has 0 spiro atoms. The zero-order valence-electron chi connectivity index (χ0n) is 70.0. The third-order valence-corrected chi connectivity index (χ3v) is 15.8. The molecule has 1 fully saturated rings. The molecule has 1 aliphatic carbocycles. The number of allylic oxidation sites excluding steroid dienone is 2. The highest BCUT2D eigenvalue weighted by Gasteiger charge is 2.44. The first-order valence-electron chi connectivity index (χ1n) is 37.2. The Morgan fingerprint density at radius 3 is 1.48 bits per heavy atom. The van der Waals surface area contributed by atoms with Gasteiger partial charge in [-0.25, -0.2) is 51.0 Å². The summed E-state index contributed by atoms with van der Waals surface area (Å²) in [5.74, 6) is 4.99. The van der Waals surface area contributed by atoms with Gasteiger partial charge in [-0.05, 0) is 205 Å². The van der Waals surface area contributed by atoms with E-state index in [9.17, 15) is 31.6 Å². The molecule has 4 N–H and O–H groups in total. The maximum Gasteiger partial charge on any atom is 0.339 e. The lowest BCUT2D eigenvalue weighted by atomic mass is 10.0. The lowest BCUT2D eigenvalue weighted by molar-refractivity contribution is 0.0367. The van der Waals surface area contributed by atoms with Gasteiger partial charge in [-0.3, -0.25) is 14.8 Å². The molecule has 1 aliphatic rings. The minimum absolute atomic E-state index is 0.00694. The number of halogens is 2. The number of H-pyrrole nitrogens is 1. The molecule has 6 aromatic heterocycles. The van der Waals surface area contributed by atoms with Crippen molar-refractivity contribution in [3.63, 3.8) is 0 Å². The lowest BCUT2D eigenvalue weighted by Crippen LogP contribution is -2.35. The summed E-state index contributed by atoms with van der Waals surface area (Å²) >= 11 is 0. The van der Waals surface area contributed by atoms with Gasteiger partial charge in [-0.15, -0.1) is 5.10 Å². The Kier molecular flexibility index (Phi) is 52.0. The van der Waals surface area contributed by atoms with Gasteiger partial charge in [0.25, 0.3) is 6.01 Å². The summed E-state index contributed by atoms with van der Waals surface area (Å²) in [4.78, 5) is 49.9. The summed E-state index contributed by atoms with van der Waals surface area (Å²) in [6.07, 6.45) is 14.8. The second kappa shape index (κ2) is 55.5. The zero-order valence-corrected chi connectivity index (χ0v) is 70.8. The molecule has 0 atom stereocenters. The molecule has 0 bridgehead atoms. The Labute approximate surface area is 644 Å². The van der Waals surface area contributed by atoms with Crippen molar-refractivity contribution < 1.29 is 54.7 Å². The van der Waals surface area contributed by atoms with Gasteiger partial charge in [0.05, 0.1) is 64.2 Å². The molecule has 6 heterocycles. The summed E-state index contributed by atoms with van der Waals surface area (Å²) in [7, 11) is -3.00. The highest BCUT2D eigenvalue weighted by atomic mass is 32.2. The van der Waals surface area contributed by atoms with Gasteiger partial charge in [-0.2, -0.15) is 15.2 Å². The number of ether oxygens (including phenoxy) is 3. The topological polar surface area (TPSA) is 317 Å². The Hall–Kier alpha value is -8.89. The van der Waals surface area contributed by atoms with Crippen LogP contribution in [-0.4, -0.2) is 135 Å². The summed E-state index contributed by atoms with van der Waals surface area (Å²) < 4.78 is 77.4. The van der Waals surface area contributed by atoms with Crippen LogP contribution in [0.2, 0.25) is 0 Å². The molecule has 2 aromatic carbocycles. The number of hydrogen-bond acceptors (Lipinski definition) is 21. The van der Waals surface area contributed by atoms with E-state index in [1.807, 2.05) is 125 Å². The molecule has 25 nitrogen and oxygen atoms in total. The summed E-state index contributed by atoms with van der Waals surface area (Å²) in [5.41, 5.74) is 2.92. The number of pyridine rings is 1. The van der Waals surface area contributed by atoms with Crippen LogP contribution in [0.1, 0.15) is 282 Å². The van der Waals surface area contributed by atoms with E-state index in [0.29, 0.717) is 64.8 Å². The van der Waals surface area contributed by atoms with Crippen LogP contribution in [0.25, 0.3) is 0 Å². The highest BCUT2D eigenvalue weighted by Crippen LogP contribution is 2.41. The second-order valence-electron chi connectivity index (χ2n) is 27.9. The number of sulfonamides is 1. The molecule has 9 rings (SSSR count). The summed E-state index contributed by atoms with van der Waals surface area (Å²) in [5, 5.41) is 28.2. The predicted octanol–water partition coefficient (Wildman–Crippen LogP) is 18.5. The average Bonchev–Trinajstić information content (AvgIpc) is 1.65. The van der Waals surface area contributed by atoms with Crippen LogP contribution >= 0.6 is 0 Å². The Balaban J connectivity index is 0. The molecule has 606 valence electrons. The largest absolute Gasteiger partial charge is 0.459 e. The fraction of sp³-hybridized carbons (Fsp3) is 0.575. The van der Waals surface area contributed by atoms with E-state index in [0.717, 1.165) is 53.6 Å². The van der Waals surface area contributed by atoms with E-state index in [4.69, 9.17) is 23.2 Å². The number of aromatic nitrogens is 12. The van der Waals surface area contributed by atoms with Crippen molar-refractivity contribution in [3.05, 3.63) is 179 Å². The average molecular weight is 1530 g/mol. The number of hydrogen-bond donors (Lipinski definition) is 4. The number of nitrogens with zero attached hydrogens (tertiary/aromatic N) is 11. The van der Waals surface area contributed by atoms with Gasteiger partial charge in [0, 0.05) is 72.6 Å². The number of carbonyl (C=O) groups excluding carboxylic acids is 3. The fourth-order valence-corrected chi connectivity index (χ4v) is 8.80. The van der Waals surface area contributed by atoms with E-state index in [1.54, 1.807) is 94.5 Å². The van der Waals surface area contributed by atoms with E-state index in [1.165, 1.54) is 43.3 Å². The number of benzene rings is 2. The maximum atomic E-state index is 12.5. The van der Waals surface area contributed by atoms with Gasteiger partial charge in [0.1, 0.15) is 35.3 Å². The normalized spacial score (nSPS) is 11.7. The zero-order chi connectivity index (χ0) is 82.9. The van der Waals surface area contributed by atoms with E-state index in [-0.39, 0.29) is 53.1 Å². The summed E-state index contributed by atoms with van der Waals surface area (Å²) in [6.45, 7) is 58.3. The molecule has 0 aliphatic heterocycles. The third kappa shape index (κ3) is 47.7. The number of aromatic amines is 1. The minimum Gasteiger partial charge on any atom is -0.459 e. The molecule has 28 heteroatoms. The number of anilines is 1. The number of nitrogens with one attached hydrogen (secondary N) is 4. The molecule has 8 aromatic rings. The van der Waals surface area contributed by atoms with Crippen molar-refractivity contribution in [1.29, 1.82) is 0 Å². The molecule has 0 radical (unpaired) electrons. The van der Waals surface area contributed by atoms with Gasteiger partial charge >= 0.3 is 17.9 Å². The van der Waals surface area contributed by atoms with Crippen molar-refractivity contribution in [2.45, 2.75) is 279 Å². The first kappa shape index (κ1) is 101. The van der Waals surface area contributed by atoms with Crippen LogP contribution in [0.3, 0.4) is 0 Å². The first-order valence-corrected chi connectivity index (χ1v) is 38.7. The van der Waals surface area contributed by atoms with Gasteiger partial charge in [-0.1, -0.05) is 111 Å². The molecular weight excluding hydrogens is 1400 g/mol. The smallest absolute Gasteiger partial charge is 0.339 e. The number of aryl methyl sites for hydroxylation is 4. The van der Waals surface area contributed by atoms with Crippen molar-refractivity contribution in [2.24, 2.45) is 11.8 Å². The van der Waals surface area contributed by atoms with E-state index in [2.05, 4.69) is 142 Å². The van der Waals surface area contributed by atoms with Crippen molar-refractivity contribution in [3.8, 4) is 0 Å². The predicted molar refractivity (Wildman–Crippen MR) is 427 cm³/mol. The fourth-order valence-electron chi connectivity index (χ4n) is 8.06. The number of rotatable bonds is 20. The number of esters is 3. The standard InChI is InChI=1S/C10H11FO2.C10H12O2.C9H11NO2.C8H17N.C7H13F.C7H13N3.C7H12N2O.C6H11N3.C6H9NO.C5H9N3.C5H13NO2S/c1-7(2)13-10(12)8-3-5-9(11)6-4-8;1-8(2)12-10(11)9-6-4-3-5-7-9;1-7(2)12-9(11)8-4-3-5-10-6-8;1-4-9-8(5-6-8)7(2)3;1-4-5-7(8)6(2)3;1-5(2)10-7(4)8-6(3)9-10;1-5(2)8-7-9-6(3)4-10-7;1-4(2)6-7-5(3)8-9-6;1-5(2)6-3-4-7-8-6;1-5(2)8-4-3-6-7-8;1-4-6-9(7,8)5(2)3/h3-7H,1-2H3;3-8H,1-2H3;3-7H,1-2H3;7,9H,4-6H2,1-3H3;5-6H,4H2,1-3H3;5H,1-4H3;4-5H,1-3H3,(H,8,9);4H,1-3H3,(H,7,8,9);2*3-5H,1-2H3;5-6H,4H2,1-3H3/b;;;;7-5-;;;;;;. The quantitative estimate of drug-likeness (QED) is 0.0407. The number of carbonyl (C=O) groups is 3.